The third-order valence-corrected chi connectivity index (χ3v) is 6.12. The molecule has 0 amide bonds. The van der Waals surface area contributed by atoms with Crippen LogP contribution in [0.3, 0.4) is 0 Å². The third-order valence-electron chi connectivity index (χ3n) is 6.12. The molecule has 0 radical (unpaired) electrons. The van der Waals surface area contributed by atoms with Crippen LogP contribution >= 0.6 is 0 Å². The van der Waals surface area contributed by atoms with Crippen LogP contribution in [-0.4, -0.2) is 10.9 Å². The highest BCUT2D eigenvalue weighted by molar-refractivity contribution is 5.98. The monoisotopic (exact) mass is 516 g/mol. The van der Waals surface area contributed by atoms with E-state index in [1.807, 2.05) is 85.1 Å². The first kappa shape index (κ1) is 24.9. The molecule has 0 spiro atoms. The van der Waals surface area contributed by atoms with Gasteiger partial charge in [0, 0.05) is 11.1 Å². The largest absolute Gasteiger partial charge is 0.489 e. The second kappa shape index (κ2) is 11.1. The van der Waals surface area contributed by atoms with E-state index < -0.39 is 6.04 Å². The van der Waals surface area contributed by atoms with E-state index in [0.717, 1.165) is 11.1 Å². The lowest BCUT2D eigenvalue weighted by Gasteiger charge is -2.27. The number of fused-ring (bicyclic) bond motifs is 1. The van der Waals surface area contributed by atoms with E-state index >= 15 is 0 Å². The quantitative estimate of drug-likeness (QED) is 0.208. The Balaban J connectivity index is 1.60. The molecule has 1 aliphatic heterocycles. The highest BCUT2D eigenvalue weighted by Gasteiger charge is 2.32. The molecule has 1 unspecified atom stereocenters. The highest BCUT2D eigenvalue weighted by atomic mass is 16.5. The van der Waals surface area contributed by atoms with Gasteiger partial charge in [0.15, 0.2) is 6.19 Å². The van der Waals surface area contributed by atoms with Crippen LogP contribution < -0.4 is 31.6 Å². The molecular weight excluding hydrogens is 492 g/mol. The molecule has 192 valence electrons. The molecule has 10 heteroatoms. The fourth-order valence-corrected chi connectivity index (χ4v) is 4.24. The molecule has 1 aromatic heterocycles. The van der Waals surface area contributed by atoms with Crippen molar-refractivity contribution in [1.29, 1.82) is 10.5 Å². The van der Waals surface area contributed by atoms with Gasteiger partial charge < -0.3 is 26.3 Å². The number of nitriles is 2. The Hall–Kier alpha value is -5.74. The molecule has 0 bridgehead atoms. The van der Waals surface area contributed by atoms with Crippen molar-refractivity contribution in [1.82, 2.24) is 10.3 Å². The lowest BCUT2D eigenvalue weighted by Crippen LogP contribution is -2.33. The predicted molar refractivity (Wildman–Crippen MR) is 147 cm³/mol. The summed E-state index contributed by atoms with van der Waals surface area (Å²) in [6.45, 7) is 0.665. The molecule has 1 aliphatic rings. The van der Waals surface area contributed by atoms with Gasteiger partial charge in [-0.1, -0.05) is 60.7 Å². The molecule has 0 saturated carbocycles. The molecule has 10 nitrogen and oxygen atoms in total. The van der Waals surface area contributed by atoms with Crippen LogP contribution in [0.25, 0.3) is 0 Å². The van der Waals surface area contributed by atoms with Crippen molar-refractivity contribution in [2.24, 2.45) is 4.99 Å². The summed E-state index contributed by atoms with van der Waals surface area (Å²) < 4.78 is 12.3. The van der Waals surface area contributed by atoms with Gasteiger partial charge in [0.1, 0.15) is 54.0 Å². The maximum Gasteiger partial charge on any atom is 0.211 e. The SMILES string of the molecule is N#CNC1=NC(c2cc(OCc3ccccc3)ccc2OCc2ccccc2)c2c(nc(N)c(C#N)c2N)N1. The molecule has 5 rings (SSSR count). The molecule has 4 aromatic rings. The summed E-state index contributed by atoms with van der Waals surface area (Å²) in [5, 5.41) is 24.4. The van der Waals surface area contributed by atoms with Crippen LogP contribution in [0.4, 0.5) is 17.3 Å². The standard InChI is InChI=1S/C29H24N8O2/c30-14-22-25(32)24-26(35-29(34-17-31)37-28(24)36-27(22)33)21-13-20(38-15-18-7-3-1-4-8-18)11-12-23(21)39-16-19-9-5-2-6-10-19/h1-13,26H,15-16H2,(H6,32,33,34,35,36,37). The van der Waals surface area contributed by atoms with Gasteiger partial charge in [0.2, 0.25) is 5.96 Å². The first-order valence-electron chi connectivity index (χ1n) is 12.0. The second-order valence-corrected chi connectivity index (χ2v) is 8.65. The lowest BCUT2D eigenvalue weighted by atomic mass is 9.94. The number of anilines is 3. The molecule has 3 aromatic carbocycles. The molecule has 39 heavy (non-hydrogen) atoms. The van der Waals surface area contributed by atoms with Gasteiger partial charge in [0.25, 0.3) is 0 Å². The average Bonchev–Trinajstić information content (AvgIpc) is 2.96. The van der Waals surface area contributed by atoms with Crippen molar-refractivity contribution in [3.8, 4) is 23.8 Å². The Morgan fingerprint density at radius 2 is 1.56 bits per heavy atom. The van der Waals surface area contributed by atoms with E-state index in [2.05, 4.69) is 15.6 Å². The normalized spacial score (nSPS) is 13.6. The van der Waals surface area contributed by atoms with Gasteiger partial charge in [-0.2, -0.15) is 10.5 Å². The predicted octanol–water partition coefficient (Wildman–Crippen LogP) is 4.22. The smallest absolute Gasteiger partial charge is 0.211 e. The Bertz CT molecular complexity index is 1610. The number of guanidine groups is 1. The van der Waals surface area contributed by atoms with E-state index in [1.54, 1.807) is 6.07 Å². The summed E-state index contributed by atoms with van der Waals surface area (Å²) >= 11 is 0. The molecule has 2 heterocycles. The van der Waals surface area contributed by atoms with Gasteiger partial charge in [-0.15, -0.1) is 0 Å². The Morgan fingerprint density at radius 3 is 2.21 bits per heavy atom. The van der Waals surface area contributed by atoms with Crippen molar-refractivity contribution in [2.75, 3.05) is 16.8 Å². The molecule has 1 atom stereocenters. The topological polar surface area (TPSA) is 167 Å². The minimum atomic E-state index is -0.789. The number of hydrogen-bond acceptors (Lipinski definition) is 10. The molecule has 0 saturated heterocycles. The van der Waals surface area contributed by atoms with Gasteiger partial charge in [-0.25, -0.2) is 9.98 Å². The molecule has 0 aliphatic carbocycles. The summed E-state index contributed by atoms with van der Waals surface area (Å²) in [6.07, 6.45) is 1.86. The fourth-order valence-electron chi connectivity index (χ4n) is 4.24. The number of aromatic nitrogens is 1. The summed E-state index contributed by atoms with van der Waals surface area (Å²) in [5.41, 5.74) is 15.7. The van der Waals surface area contributed by atoms with Crippen molar-refractivity contribution < 1.29 is 9.47 Å². The number of rotatable bonds is 7. The van der Waals surface area contributed by atoms with E-state index in [1.165, 1.54) is 0 Å². The number of benzene rings is 3. The molecule has 0 fully saturated rings. The van der Waals surface area contributed by atoms with Crippen LogP contribution in [0, 0.1) is 22.8 Å². The number of hydrogen-bond donors (Lipinski definition) is 4. The van der Waals surface area contributed by atoms with Crippen LogP contribution in [0.5, 0.6) is 11.5 Å². The van der Waals surface area contributed by atoms with Gasteiger partial charge in [-0.05, 0) is 29.3 Å². The Kier molecular flexibility index (Phi) is 7.10. The van der Waals surface area contributed by atoms with Crippen LogP contribution in [-0.2, 0) is 13.2 Å². The first-order valence-corrected chi connectivity index (χ1v) is 12.0. The molecule has 6 N–H and O–H groups in total. The zero-order valence-corrected chi connectivity index (χ0v) is 20.8. The lowest BCUT2D eigenvalue weighted by molar-refractivity contribution is 0.293. The number of nitrogens with two attached hydrogens (primary N) is 2. The summed E-state index contributed by atoms with van der Waals surface area (Å²) in [4.78, 5) is 9.03. The highest BCUT2D eigenvalue weighted by Crippen LogP contribution is 2.44. The Morgan fingerprint density at radius 1 is 0.897 bits per heavy atom. The second-order valence-electron chi connectivity index (χ2n) is 8.65. The minimum Gasteiger partial charge on any atom is -0.489 e. The van der Waals surface area contributed by atoms with Gasteiger partial charge in [0.05, 0.1) is 5.69 Å². The van der Waals surface area contributed by atoms with Crippen molar-refractivity contribution in [2.45, 2.75) is 19.3 Å². The van der Waals surface area contributed by atoms with Crippen molar-refractivity contribution in [3.05, 3.63) is 107 Å². The summed E-state index contributed by atoms with van der Waals surface area (Å²) in [7, 11) is 0. The number of nitrogens with one attached hydrogen (secondary N) is 2. The Labute approximate surface area is 225 Å². The van der Waals surface area contributed by atoms with Crippen LogP contribution in [0.1, 0.15) is 33.9 Å². The number of nitrogen functional groups attached to an aromatic ring is 2. The zero-order valence-electron chi connectivity index (χ0n) is 20.8. The molecular formula is C29H24N8O2. The third kappa shape index (κ3) is 5.36. The van der Waals surface area contributed by atoms with Gasteiger partial charge >= 0.3 is 0 Å². The number of aliphatic imine (C=N–C) groups is 1. The summed E-state index contributed by atoms with van der Waals surface area (Å²) in [5.74, 6) is 1.51. The van der Waals surface area contributed by atoms with Crippen LogP contribution in [0.15, 0.2) is 83.9 Å². The van der Waals surface area contributed by atoms with Gasteiger partial charge in [-0.3, -0.25) is 5.32 Å². The number of pyridine rings is 1. The zero-order chi connectivity index (χ0) is 27.2. The fraction of sp³-hybridized carbons (Fsp3) is 0.103. The average molecular weight is 517 g/mol. The maximum absolute atomic E-state index is 9.67. The minimum absolute atomic E-state index is 0.0290. The van der Waals surface area contributed by atoms with E-state index in [0.29, 0.717) is 35.8 Å². The van der Waals surface area contributed by atoms with Crippen molar-refractivity contribution in [3.63, 3.8) is 0 Å². The van der Waals surface area contributed by atoms with E-state index in [9.17, 15) is 10.5 Å². The first-order chi connectivity index (χ1) is 19.1. The number of ether oxygens (including phenoxy) is 2. The van der Waals surface area contributed by atoms with E-state index in [-0.39, 0.29) is 28.8 Å². The maximum atomic E-state index is 9.67. The van der Waals surface area contributed by atoms with Crippen molar-refractivity contribution >= 4 is 23.3 Å². The van der Waals surface area contributed by atoms with Crippen LogP contribution in [0.2, 0.25) is 0 Å². The number of nitrogens with zero attached hydrogens (tertiary/aromatic N) is 4. The van der Waals surface area contributed by atoms with E-state index in [4.69, 9.17) is 25.9 Å². The summed E-state index contributed by atoms with van der Waals surface area (Å²) in [6, 6.07) is 26.2.